The van der Waals surface area contributed by atoms with Crippen molar-refractivity contribution in [1.29, 1.82) is 0 Å². The number of benzene rings is 1. The number of thiophene rings is 1. The molecule has 3 rings (SSSR count). The molecule has 2 N–H and O–H groups in total. The average molecular weight is 557 g/mol. The van der Waals surface area contributed by atoms with Gasteiger partial charge in [-0.3, -0.25) is 9.59 Å². The van der Waals surface area contributed by atoms with Crippen molar-refractivity contribution in [1.82, 2.24) is 9.71 Å². The van der Waals surface area contributed by atoms with Gasteiger partial charge in [-0.25, -0.2) is 13.1 Å². The first-order valence-corrected chi connectivity index (χ1v) is 14.3. The molecular weight excluding hydrogens is 529 g/mol. The third-order valence-corrected chi connectivity index (χ3v) is 7.17. The molecule has 1 aromatic carbocycles. The minimum absolute atomic E-state index is 0.0592. The lowest BCUT2D eigenvalue weighted by atomic mass is 10.0. The first kappa shape index (κ1) is 28.5. The molecule has 0 aliphatic rings. The number of sulfonamides is 1. The third-order valence-electron chi connectivity index (χ3n) is 5.35. The van der Waals surface area contributed by atoms with Gasteiger partial charge in [0, 0.05) is 27.4 Å². The predicted octanol–water partition coefficient (Wildman–Crippen LogP) is 5.52. The molecule has 0 radical (unpaired) electrons. The van der Waals surface area contributed by atoms with Crippen LogP contribution in [0.4, 0.5) is 13.2 Å². The molecule has 2 aromatic heterocycles. The number of hydrogen-bond acceptors (Lipinski definition) is 6. The third kappa shape index (κ3) is 8.46. The van der Waals surface area contributed by atoms with E-state index in [1.807, 2.05) is 17.7 Å². The Kier molecular flexibility index (Phi) is 9.19. The topological polar surface area (TPSA) is 105 Å². The van der Waals surface area contributed by atoms with Crippen molar-refractivity contribution >= 4 is 27.3 Å². The molecule has 0 bridgehead atoms. The Balaban J connectivity index is 1.82. The molecule has 200 valence electrons. The van der Waals surface area contributed by atoms with E-state index in [2.05, 4.69) is 4.98 Å². The molecule has 12 heteroatoms. The van der Waals surface area contributed by atoms with Gasteiger partial charge < -0.3 is 9.72 Å². The van der Waals surface area contributed by atoms with Crippen LogP contribution in [0, 0.1) is 0 Å². The number of pyridine rings is 1. The highest BCUT2D eigenvalue weighted by molar-refractivity contribution is 7.89. The summed E-state index contributed by atoms with van der Waals surface area (Å²) in [6.45, 7) is 2.25. The van der Waals surface area contributed by atoms with Crippen LogP contribution in [0.3, 0.4) is 0 Å². The first-order valence-electron chi connectivity index (χ1n) is 11.5. The summed E-state index contributed by atoms with van der Waals surface area (Å²) in [5, 5.41) is 0. The second-order valence-corrected chi connectivity index (χ2v) is 11.3. The largest absolute Gasteiger partial charge is 0.494 e. The molecule has 2 heterocycles. The molecule has 0 aliphatic heterocycles. The number of nitrogens with one attached hydrogen (secondary N) is 2. The molecule has 7 nitrogen and oxygen atoms in total. The fraction of sp³-hybridized carbons (Fsp3) is 0.360. The molecule has 0 fully saturated rings. The summed E-state index contributed by atoms with van der Waals surface area (Å²) in [6.07, 6.45) is -2.40. The van der Waals surface area contributed by atoms with Crippen molar-refractivity contribution in [2.24, 2.45) is 0 Å². The number of unbranched alkanes of at least 4 members (excludes halogenated alkanes) is 2. The van der Waals surface area contributed by atoms with Gasteiger partial charge in [0.25, 0.3) is 11.5 Å². The zero-order valence-electron chi connectivity index (χ0n) is 20.3. The number of aromatic nitrogens is 1. The van der Waals surface area contributed by atoms with Crippen LogP contribution < -0.4 is 15.0 Å². The number of halogens is 3. The summed E-state index contributed by atoms with van der Waals surface area (Å²) in [7, 11) is -3.89. The molecule has 0 atom stereocenters. The van der Waals surface area contributed by atoms with Gasteiger partial charge in [-0.2, -0.15) is 13.2 Å². The van der Waals surface area contributed by atoms with Crippen LogP contribution in [-0.4, -0.2) is 38.3 Å². The summed E-state index contributed by atoms with van der Waals surface area (Å²) >= 11 is 1.40. The van der Waals surface area contributed by atoms with Gasteiger partial charge in [-0.05, 0) is 73.7 Å². The number of amides is 1. The number of aromatic amines is 1. The minimum Gasteiger partial charge on any atom is -0.494 e. The second-order valence-electron chi connectivity index (χ2n) is 8.42. The molecule has 0 saturated carbocycles. The SMILES string of the molecule is CCc1ccc(-c2cc(-c3ccc(OCCCCCC(F)(F)F)cc3)[nH]c(=O)c2C(=O)NS(C)(=O)=O)s1. The highest BCUT2D eigenvalue weighted by Gasteiger charge is 2.26. The van der Waals surface area contributed by atoms with Gasteiger partial charge in [0.1, 0.15) is 11.3 Å². The summed E-state index contributed by atoms with van der Waals surface area (Å²) in [6, 6.07) is 12.0. The van der Waals surface area contributed by atoms with Gasteiger partial charge in [0.05, 0.1) is 12.9 Å². The molecule has 0 saturated heterocycles. The lowest BCUT2D eigenvalue weighted by molar-refractivity contribution is -0.135. The van der Waals surface area contributed by atoms with Gasteiger partial charge in [-0.15, -0.1) is 11.3 Å². The van der Waals surface area contributed by atoms with E-state index >= 15 is 0 Å². The number of carbonyl (C=O) groups is 1. The van der Waals surface area contributed by atoms with Crippen LogP contribution in [0.2, 0.25) is 0 Å². The predicted molar refractivity (Wildman–Crippen MR) is 138 cm³/mol. The van der Waals surface area contributed by atoms with Crippen LogP contribution in [0.25, 0.3) is 21.7 Å². The fourth-order valence-electron chi connectivity index (χ4n) is 3.59. The van der Waals surface area contributed by atoms with Crippen molar-refractivity contribution in [3.05, 3.63) is 63.3 Å². The highest BCUT2D eigenvalue weighted by Crippen LogP contribution is 2.33. The molecule has 0 spiro atoms. The Morgan fingerprint density at radius 2 is 1.78 bits per heavy atom. The Labute approximate surface area is 216 Å². The molecule has 0 unspecified atom stereocenters. The molecule has 37 heavy (non-hydrogen) atoms. The van der Waals surface area contributed by atoms with E-state index in [0.29, 0.717) is 40.3 Å². The number of H-pyrrole nitrogens is 1. The maximum Gasteiger partial charge on any atom is 0.389 e. The lowest BCUT2D eigenvalue weighted by Gasteiger charge is -2.11. The molecule has 0 aliphatic carbocycles. The smallest absolute Gasteiger partial charge is 0.389 e. The van der Waals surface area contributed by atoms with Crippen LogP contribution in [0.15, 0.2) is 47.3 Å². The zero-order chi connectivity index (χ0) is 27.2. The quantitative estimate of drug-likeness (QED) is 0.303. The monoisotopic (exact) mass is 556 g/mol. The van der Waals surface area contributed by atoms with Crippen LogP contribution >= 0.6 is 11.3 Å². The molecule has 3 aromatic rings. The minimum atomic E-state index is -4.14. The van der Waals surface area contributed by atoms with Crippen molar-refractivity contribution in [2.75, 3.05) is 12.9 Å². The van der Waals surface area contributed by atoms with Gasteiger partial charge >= 0.3 is 6.18 Å². The molecule has 1 amide bonds. The number of rotatable bonds is 11. The number of aryl methyl sites for hydroxylation is 1. The van der Waals surface area contributed by atoms with E-state index in [0.717, 1.165) is 17.6 Å². The Hall–Kier alpha value is -3.12. The lowest BCUT2D eigenvalue weighted by Crippen LogP contribution is -2.34. The van der Waals surface area contributed by atoms with Gasteiger partial charge in [0.15, 0.2) is 0 Å². The van der Waals surface area contributed by atoms with E-state index in [4.69, 9.17) is 4.74 Å². The maximum atomic E-state index is 13.0. The van der Waals surface area contributed by atoms with E-state index in [1.165, 1.54) is 11.3 Å². The first-order chi connectivity index (χ1) is 17.4. The van der Waals surface area contributed by atoms with Gasteiger partial charge in [-0.1, -0.05) is 6.92 Å². The summed E-state index contributed by atoms with van der Waals surface area (Å²) < 4.78 is 67.3. The fourth-order valence-corrected chi connectivity index (χ4v) is 5.00. The Morgan fingerprint density at radius 3 is 2.38 bits per heavy atom. The Bertz CT molecular complexity index is 1390. The van der Waals surface area contributed by atoms with E-state index in [-0.39, 0.29) is 18.6 Å². The van der Waals surface area contributed by atoms with Crippen LogP contribution in [-0.2, 0) is 16.4 Å². The highest BCUT2D eigenvalue weighted by atomic mass is 32.2. The van der Waals surface area contributed by atoms with Gasteiger partial charge in [0.2, 0.25) is 10.0 Å². The average Bonchev–Trinajstić information content (AvgIpc) is 3.28. The van der Waals surface area contributed by atoms with E-state index < -0.39 is 34.1 Å². The number of carbonyl (C=O) groups excluding carboxylic acids is 1. The number of hydrogen-bond donors (Lipinski definition) is 2. The van der Waals surface area contributed by atoms with Crippen molar-refractivity contribution in [3.8, 4) is 27.4 Å². The zero-order valence-corrected chi connectivity index (χ0v) is 21.9. The normalized spacial score (nSPS) is 11.9. The number of alkyl halides is 3. The van der Waals surface area contributed by atoms with Crippen molar-refractivity contribution in [3.63, 3.8) is 0 Å². The van der Waals surface area contributed by atoms with Crippen molar-refractivity contribution in [2.45, 2.75) is 45.2 Å². The standard InChI is InChI=1S/C25H27F3N2O5S2/c1-3-18-11-12-21(36-18)19-15-20(29-23(31)22(19)24(32)30-37(2,33)34)16-7-9-17(10-8-16)35-14-6-4-5-13-25(26,27)28/h7-12,15H,3-6,13-14H2,1-2H3,(H,29,31)(H,30,32). The van der Waals surface area contributed by atoms with Crippen LogP contribution in [0.5, 0.6) is 5.75 Å². The van der Waals surface area contributed by atoms with Crippen LogP contribution in [0.1, 0.15) is 47.8 Å². The van der Waals surface area contributed by atoms with Crippen molar-refractivity contribution < 1.29 is 31.1 Å². The molecular formula is C25H27F3N2O5S2. The maximum absolute atomic E-state index is 13.0. The second kappa shape index (κ2) is 12.0. The summed E-state index contributed by atoms with van der Waals surface area (Å²) in [5.41, 5.74) is 0.312. The summed E-state index contributed by atoms with van der Waals surface area (Å²) in [5.74, 6) is -0.493. The Morgan fingerprint density at radius 1 is 1.08 bits per heavy atom. The van der Waals surface area contributed by atoms with E-state index in [9.17, 15) is 31.2 Å². The number of ether oxygens (including phenoxy) is 1. The van der Waals surface area contributed by atoms with E-state index in [1.54, 1.807) is 36.4 Å². The summed E-state index contributed by atoms with van der Waals surface area (Å²) in [4.78, 5) is 30.0.